The van der Waals surface area contributed by atoms with Crippen LogP contribution >= 0.6 is 0 Å². The van der Waals surface area contributed by atoms with Crippen LogP contribution in [0.15, 0.2) is 12.1 Å². The number of benzene rings is 1. The van der Waals surface area contributed by atoms with E-state index in [1.807, 2.05) is 6.07 Å². The van der Waals surface area contributed by atoms with Gasteiger partial charge in [-0.05, 0) is 43.0 Å². The van der Waals surface area contributed by atoms with Gasteiger partial charge in [0.05, 0.1) is 7.11 Å². The Bertz CT molecular complexity index is 432. The number of nitrogens with one attached hydrogen (secondary N) is 1. The van der Waals surface area contributed by atoms with E-state index in [9.17, 15) is 4.79 Å². The van der Waals surface area contributed by atoms with Gasteiger partial charge in [-0.1, -0.05) is 6.07 Å². The zero-order valence-corrected chi connectivity index (χ0v) is 11.4. The molecule has 0 heterocycles. The number of carbonyl (C=O) groups excluding carboxylic acids is 1. The molecule has 1 rings (SSSR count). The Morgan fingerprint density at radius 2 is 2.00 bits per heavy atom. The van der Waals surface area contributed by atoms with Gasteiger partial charge < -0.3 is 9.64 Å². The van der Waals surface area contributed by atoms with Crippen LogP contribution in [0, 0.1) is 13.8 Å². The predicted octanol–water partition coefficient (Wildman–Crippen LogP) is 1.37. The van der Waals surface area contributed by atoms with E-state index in [-0.39, 0.29) is 6.03 Å². The van der Waals surface area contributed by atoms with E-state index < -0.39 is 0 Å². The molecule has 0 aliphatic rings. The number of urea groups is 1. The lowest BCUT2D eigenvalue weighted by Crippen LogP contribution is -2.42. The number of hydrogen-bond donors (Lipinski definition) is 2. The lowest BCUT2D eigenvalue weighted by atomic mass is 10.0. The fourth-order valence-electron chi connectivity index (χ4n) is 1.73. The van der Waals surface area contributed by atoms with E-state index in [0.717, 1.165) is 17.7 Å². The number of nitrogens with zero attached hydrogens (tertiary/aromatic N) is 1. The normalized spacial score (nSPS) is 10.1. The molecular weight excluding hydrogens is 230 g/mol. The van der Waals surface area contributed by atoms with Gasteiger partial charge in [0.1, 0.15) is 5.75 Å². The van der Waals surface area contributed by atoms with Crippen molar-refractivity contribution in [3.63, 3.8) is 0 Å². The Morgan fingerprint density at radius 3 is 2.56 bits per heavy atom. The summed E-state index contributed by atoms with van der Waals surface area (Å²) in [7, 11) is 3.36. The first-order valence-corrected chi connectivity index (χ1v) is 5.85. The summed E-state index contributed by atoms with van der Waals surface area (Å²) in [5.74, 6) is 5.94. The number of carbonyl (C=O) groups is 1. The predicted molar refractivity (Wildman–Crippen MR) is 71.5 cm³/mol. The van der Waals surface area contributed by atoms with Crippen LogP contribution in [0.1, 0.15) is 16.7 Å². The van der Waals surface area contributed by atoms with Gasteiger partial charge in [-0.3, -0.25) is 5.43 Å². The molecule has 100 valence electrons. The molecule has 2 amide bonds. The molecule has 0 saturated carbocycles. The second-order valence-electron chi connectivity index (χ2n) is 4.37. The van der Waals surface area contributed by atoms with Crippen molar-refractivity contribution in [3.8, 4) is 5.75 Å². The van der Waals surface area contributed by atoms with Gasteiger partial charge in [0.15, 0.2) is 0 Å². The molecule has 0 radical (unpaired) electrons. The molecule has 18 heavy (non-hydrogen) atoms. The molecule has 0 atom stereocenters. The molecule has 0 unspecified atom stereocenters. The summed E-state index contributed by atoms with van der Waals surface area (Å²) in [6.45, 7) is 4.70. The van der Waals surface area contributed by atoms with E-state index in [1.165, 1.54) is 16.0 Å². The Morgan fingerprint density at radius 1 is 1.39 bits per heavy atom. The molecule has 3 N–H and O–H groups in total. The van der Waals surface area contributed by atoms with Crippen LogP contribution in [-0.2, 0) is 6.42 Å². The number of hydrazine groups is 1. The summed E-state index contributed by atoms with van der Waals surface area (Å²) < 4.78 is 5.36. The summed E-state index contributed by atoms with van der Waals surface area (Å²) in [6.07, 6.45) is 0.730. The molecular formula is C13H21N3O2. The Labute approximate surface area is 108 Å². The van der Waals surface area contributed by atoms with Crippen LogP contribution in [0.4, 0.5) is 4.79 Å². The van der Waals surface area contributed by atoms with Crippen LogP contribution in [0.3, 0.4) is 0 Å². The number of likely N-dealkylation sites (N-methyl/N-ethyl adjacent to an activating group) is 1. The number of amides is 2. The average Bonchev–Trinajstić information content (AvgIpc) is 2.38. The highest BCUT2D eigenvalue weighted by Crippen LogP contribution is 2.23. The van der Waals surface area contributed by atoms with Gasteiger partial charge in [0.25, 0.3) is 0 Å². The topological polar surface area (TPSA) is 67.6 Å². The summed E-state index contributed by atoms with van der Waals surface area (Å²) >= 11 is 0. The highest BCUT2D eigenvalue weighted by atomic mass is 16.5. The van der Waals surface area contributed by atoms with E-state index in [0.29, 0.717) is 6.54 Å². The van der Waals surface area contributed by atoms with Crippen LogP contribution < -0.4 is 16.0 Å². The van der Waals surface area contributed by atoms with Gasteiger partial charge in [-0.2, -0.15) is 0 Å². The maximum atomic E-state index is 11.3. The smallest absolute Gasteiger partial charge is 0.331 e. The summed E-state index contributed by atoms with van der Waals surface area (Å²) in [5, 5.41) is 0. The van der Waals surface area contributed by atoms with E-state index >= 15 is 0 Å². The molecule has 1 aromatic rings. The first-order valence-electron chi connectivity index (χ1n) is 5.85. The summed E-state index contributed by atoms with van der Waals surface area (Å²) in [4.78, 5) is 12.8. The van der Waals surface area contributed by atoms with E-state index in [2.05, 4.69) is 25.3 Å². The quantitative estimate of drug-likeness (QED) is 0.482. The number of rotatable bonds is 4. The standard InChI is InChI=1S/C13H21N3O2/c1-9-7-11(12(18-4)8-10(9)2)5-6-16(3)13(17)15-14/h7-8H,5-6,14H2,1-4H3,(H,15,17). The number of ether oxygens (including phenoxy) is 1. The van der Waals surface area contributed by atoms with Gasteiger partial charge in [-0.15, -0.1) is 0 Å². The Balaban J connectivity index is 2.78. The maximum absolute atomic E-state index is 11.3. The molecule has 0 spiro atoms. The van der Waals surface area contributed by atoms with Crippen molar-refractivity contribution in [2.75, 3.05) is 20.7 Å². The molecule has 1 aromatic carbocycles. The lowest BCUT2D eigenvalue weighted by molar-refractivity contribution is 0.209. The minimum absolute atomic E-state index is 0.294. The van der Waals surface area contributed by atoms with Crippen LogP contribution in [0.25, 0.3) is 0 Å². The van der Waals surface area contributed by atoms with Crippen molar-refractivity contribution in [1.82, 2.24) is 10.3 Å². The highest BCUT2D eigenvalue weighted by molar-refractivity contribution is 5.73. The second-order valence-corrected chi connectivity index (χ2v) is 4.37. The third-order valence-electron chi connectivity index (χ3n) is 3.08. The zero-order chi connectivity index (χ0) is 13.7. The van der Waals surface area contributed by atoms with Crippen molar-refractivity contribution in [3.05, 3.63) is 28.8 Å². The number of hydrogen-bond acceptors (Lipinski definition) is 3. The third kappa shape index (κ3) is 3.37. The zero-order valence-electron chi connectivity index (χ0n) is 11.4. The highest BCUT2D eigenvalue weighted by Gasteiger charge is 2.10. The summed E-state index contributed by atoms with van der Waals surface area (Å²) in [6, 6.07) is 3.83. The van der Waals surface area contributed by atoms with Crippen molar-refractivity contribution in [1.29, 1.82) is 0 Å². The maximum Gasteiger partial charge on any atom is 0.331 e. The van der Waals surface area contributed by atoms with Gasteiger partial charge in [0.2, 0.25) is 0 Å². The monoisotopic (exact) mass is 251 g/mol. The molecule has 5 heteroatoms. The van der Waals surface area contributed by atoms with Crippen molar-refractivity contribution in [2.24, 2.45) is 5.84 Å². The fourth-order valence-corrected chi connectivity index (χ4v) is 1.73. The van der Waals surface area contributed by atoms with E-state index in [4.69, 9.17) is 10.6 Å². The van der Waals surface area contributed by atoms with Gasteiger partial charge in [-0.25, -0.2) is 10.6 Å². The number of methoxy groups -OCH3 is 1. The summed E-state index contributed by atoms with van der Waals surface area (Å²) in [5.41, 5.74) is 5.62. The van der Waals surface area contributed by atoms with Crippen LogP contribution in [0.5, 0.6) is 5.75 Å². The Kier molecular flexibility index (Phi) is 4.97. The molecule has 0 fully saturated rings. The molecule has 5 nitrogen and oxygen atoms in total. The van der Waals surface area contributed by atoms with Gasteiger partial charge >= 0.3 is 6.03 Å². The average molecular weight is 251 g/mol. The Hall–Kier alpha value is -1.75. The van der Waals surface area contributed by atoms with Crippen LogP contribution in [-0.4, -0.2) is 31.6 Å². The fraction of sp³-hybridized carbons (Fsp3) is 0.462. The molecule has 0 aliphatic heterocycles. The molecule has 0 saturated heterocycles. The van der Waals surface area contributed by atoms with Crippen molar-refractivity contribution >= 4 is 6.03 Å². The first kappa shape index (κ1) is 14.3. The first-order chi connectivity index (χ1) is 8.49. The molecule has 0 aromatic heterocycles. The van der Waals surface area contributed by atoms with Gasteiger partial charge in [0, 0.05) is 13.6 Å². The SMILES string of the molecule is COc1cc(C)c(C)cc1CCN(C)C(=O)NN. The molecule has 0 bridgehead atoms. The minimum atomic E-state index is -0.294. The number of aryl methyl sites for hydroxylation is 2. The second kappa shape index (κ2) is 6.26. The minimum Gasteiger partial charge on any atom is -0.496 e. The largest absolute Gasteiger partial charge is 0.496 e. The third-order valence-corrected chi connectivity index (χ3v) is 3.08. The number of nitrogens with two attached hydrogens (primary N) is 1. The van der Waals surface area contributed by atoms with E-state index in [1.54, 1.807) is 14.2 Å². The van der Waals surface area contributed by atoms with Crippen LogP contribution in [0.2, 0.25) is 0 Å². The van der Waals surface area contributed by atoms with Crippen molar-refractivity contribution in [2.45, 2.75) is 20.3 Å². The van der Waals surface area contributed by atoms with Crippen molar-refractivity contribution < 1.29 is 9.53 Å². The molecule has 0 aliphatic carbocycles. The lowest BCUT2D eigenvalue weighted by Gasteiger charge is -2.18.